The molecule has 0 spiro atoms. The number of benzene rings is 3. The highest BCUT2D eigenvalue weighted by Gasteiger charge is 2.19. The van der Waals surface area contributed by atoms with E-state index >= 15 is 0 Å². The fourth-order valence-electron chi connectivity index (χ4n) is 2.66. The van der Waals surface area contributed by atoms with Crippen LogP contribution in [0.1, 0.15) is 0 Å². The molecule has 0 aliphatic carbocycles. The van der Waals surface area contributed by atoms with E-state index in [9.17, 15) is 12.8 Å². The van der Waals surface area contributed by atoms with Crippen LogP contribution in [0.5, 0.6) is 0 Å². The molecule has 29 heavy (non-hydrogen) atoms. The van der Waals surface area contributed by atoms with Crippen LogP contribution in [0.2, 0.25) is 0 Å². The van der Waals surface area contributed by atoms with Crippen LogP contribution in [0.3, 0.4) is 0 Å². The lowest BCUT2D eigenvalue weighted by molar-refractivity contribution is 0.601. The number of anilines is 3. The van der Waals surface area contributed by atoms with Crippen molar-refractivity contribution >= 4 is 51.7 Å². The lowest BCUT2D eigenvalue weighted by Crippen LogP contribution is -2.16. The van der Waals surface area contributed by atoms with E-state index in [0.717, 1.165) is 0 Å². The van der Waals surface area contributed by atoms with Gasteiger partial charge in [0.25, 0.3) is 10.0 Å². The van der Waals surface area contributed by atoms with Gasteiger partial charge in [-0.1, -0.05) is 29.7 Å². The Balaban J connectivity index is 1.77. The van der Waals surface area contributed by atoms with Crippen molar-refractivity contribution in [3.63, 3.8) is 0 Å². The van der Waals surface area contributed by atoms with Crippen LogP contribution in [-0.2, 0) is 10.0 Å². The normalized spacial score (nSPS) is 11.3. The summed E-state index contributed by atoms with van der Waals surface area (Å²) in [5, 5.41) is 2.99. The molecule has 4 aromatic rings. The van der Waals surface area contributed by atoms with Gasteiger partial charge in [0.15, 0.2) is 11.6 Å². The van der Waals surface area contributed by atoms with Gasteiger partial charge in [-0.25, -0.2) is 22.8 Å². The first kappa shape index (κ1) is 18.9. The molecular formula is C20H14BFN4O2S. The van der Waals surface area contributed by atoms with E-state index in [1.807, 2.05) is 0 Å². The number of hydrogen-bond acceptors (Lipinski definition) is 5. The lowest BCUT2D eigenvalue weighted by atomic mass is 9.97. The van der Waals surface area contributed by atoms with Gasteiger partial charge in [-0.05, 0) is 48.5 Å². The highest BCUT2D eigenvalue weighted by molar-refractivity contribution is 7.92. The van der Waals surface area contributed by atoms with Gasteiger partial charge >= 0.3 is 0 Å². The van der Waals surface area contributed by atoms with Crippen LogP contribution in [0, 0.1) is 5.82 Å². The van der Waals surface area contributed by atoms with Gasteiger partial charge in [-0.2, -0.15) is 0 Å². The van der Waals surface area contributed by atoms with Gasteiger partial charge in [0.1, 0.15) is 13.7 Å². The van der Waals surface area contributed by atoms with Crippen molar-refractivity contribution in [2.75, 3.05) is 10.0 Å². The summed E-state index contributed by atoms with van der Waals surface area (Å²) in [6, 6.07) is 18.5. The van der Waals surface area contributed by atoms with Gasteiger partial charge in [0.05, 0.1) is 15.9 Å². The number of hydrogen-bond donors (Lipinski definition) is 2. The lowest BCUT2D eigenvalue weighted by Gasteiger charge is -2.14. The van der Waals surface area contributed by atoms with E-state index in [1.54, 1.807) is 24.3 Å². The Bertz CT molecular complexity index is 1280. The predicted octanol–water partition coefficient (Wildman–Crippen LogP) is 3.11. The molecule has 3 aromatic carbocycles. The molecule has 142 valence electrons. The Labute approximate surface area is 168 Å². The van der Waals surface area contributed by atoms with E-state index in [1.165, 1.54) is 48.5 Å². The molecule has 9 heteroatoms. The first-order valence-corrected chi connectivity index (χ1v) is 10.1. The van der Waals surface area contributed by atoms with Crippen molar-refractivity contribution in [2.24, 2.45) is 0 Å². The molecule has 0 aliphatic rings. The van der Waals surface area contributed by atoms with Crippen LogP contribution < -0.4 is 15.5 Å². The zero-order valence-electron chi connectivity index (χ0n) is 15.0. The molecule has 6 nitrogen and oxygen atoms in total. The molecule has 2 radical (unpaired) electrons. The summed E-state index contributed by atoms with van der Waals surface area (Å²) in [5.74, 6) is -0.177. The Kier molecular flexibility index (Phi) is 4.90. The average Bonchev–Trinajstić information content (AvgIpc) is 2.70. The quantitative estimate of drug-likeness (QED) is 0.500. The molecule has 1 heterocycles. The zero-order chi connectivity index (χ0) is 20.4. The van der Waals surface area contributed by atoms with Crippen LogP contribution >= 0.6 is 0 Å². The third kappa shape index (κ3) is 4.19. The Hall–Kier alpha value is -3.46. The summed E-state index contributed by atoms with van der Waals surface area (Å²) in [6.07, 6.45) is 0. The summed E-state index contributed by atoms with van der Waals surface area (Å²) >= 11 is 0. The first-order chi connectivity index (χ1) is 13.9. The topological polar surface area (TPSA) is 84.0 Å². The van der Waals surface area contributed by atoms with Crippen molar-refractivity contribution in [3.05, 3.63) is 78.6 Å². The Morgan fingerprint density at radius 3 is 2.00 bits per heavy atom. The van der Waals surface area contributed by atoms with E-state index in [0.29, 0.717) is 22.2 Å². The molecule has 1 aromatic heterocycles. The highest BCUT2D eigenvalue weighted by atomic mass is 32.2. The number of nitrogens with zero attached hydrogens (tertiary/aromatic N) is 2. The summed E-state index contributed by atoms with van der Waals surface area (Å²) in [4.78, 5) is 8.91. The second-order valence-electron chi connectivity index (χ2n) is 6.22. The molecule has 0 saturated heterocycles. The number of para-hydroxylation sites is 2. The fraction of sp³-hybridized carbons (Fsp3) is 0. The minimum absolute atomic E-state index is 0.0184. The van der Waals surface area contributed by atoms with Crippen molar-refractivity contribution < 1.29 is 12.8 Å². The van der Waals surface area contributed by atoms with Gasteiger partial charge in [-0.15, -0.1) is 0 Å². The number of aromatic nitrogens is 2. The summed E-state index contributed by atoms with van der Waals surface area (Å²) in [6.45, 7) is 0. The van der Waals surface area contributed by atoms with Gasteiger partial charge in [0, 0.05) is 5.69 Å². The summed E-state index contributed by atoms with van der Waals surface area (Å²) < 4.78 is 41.3. The van der Waals surface area contributed by atoms with Gasteiger partial charge in [-0.3, -0.25) is 4.72 Å². The largest absolute Gasteiger partial charge is 0.337 e. The number of rotatable bonds is 5. The maximum absolute atomic E-state index is 13.2. The van der Waals surface area contributed by atoms with E-state index in [2.05, 4.69) is 20.0 Å². The zero-order valence-corrected chi connectivity index (χ0v) is 15.8. The van der Waals surface area contributed by atoms with Gasteiger partial charge in [0.2, 0.25) is 0 Å². The monoisotopic (exact) mass is 404 g/mol. The molecule has 0 saturated carbocycles. The molecule has 0 atom stereocenters. The van der Waals surface area contributed by atoms with E-state index in [-0.39, 0.29) is 22.3 Å². The Morgan fingerprint density at radius 2 is 1.38 bits per heavy atom. The van der Waals surface area contributed by atoms with E-state index < -0.39 is 10.0 Å². The molecule has 2 N–H and O–H groups in total. The smallest absolute Gasteiger partial charge is 0.263 e. The summed E-state index contributed by atoms with van der Waals surface area (Å²) in [5.41, 5.74) is 2.08. The summed E-state index contributed by atoms with van der Waals surface area (Å²) in [7, 11) is 1.70. The maximum atomic E-state index is 13.2. The minimum atomic E-state index is -3.93. The van der Waals surface area contributed by atoms with Crippen LogP contribution in [0.25, 0.3) is 11.0 Å². The average molecular weight is 404 g/mol. The second-order valence-corrected chi connectivity index (χ2v) is 7.90. The van der Waals surface area contributed by atoms with Crippen LogP contribution in [-0.4, -0.2) is 26.2 Å². The molecule has 0 amide bonds. The molecule has 4 rings (SSSR count). The van der Waals surface area contributed by atoms with Crippen molar-refractivity contribution in [2.45, 2.75) is 4.90 Å². The third-order valence-electron chi connectivity index (χ3n) is 4.10. The predicted molar refractivity (Wildman–Crippen MR) is 112 cm³/mol. The van der Waals surface area contributed by atoms with Crippen molar-refractivity contribution in [3.8, 4) is 0 Å². The third-order valence-corrected chi connectivity index (χ3v) is 5.45. The fourth-order valence-corrected chi connectivity index (χ4v) is 3.67. The molecule has 0 bridgehead atoms. The van der Waals surface area contributed by atoms with Crippen LogP contribution in [0.15, 0.2) is 77.7 Å². The number of fused-ring (bicyclic) bond motifs is 1. The van der Waals surface area contributed by atoms with Crippen molar-refractivity contribution in [1.29, 1.82) is 0 Å². The Morgan fingerprint density at radius 1 is 0.793 bits per heavy atom. The SMILES string of the molecule is [B]c1ccc(S(=O)(=O)Nc2nc3ccccc3nc2Nc2ccc(F)cc2)cc1. The first-order valence-electron chi connectivity index (χ1n) is 8.58. The second kappa shape index (κ2) is 7.52. The minimum Gasteiger partial charge on any atom is -0.337 e. The molecule has 0 aliphatic heterocycles. The van der Waals surface area contributed by atoms with E-state index in [4.69, 9.17) is 7.85 Å². The number of halogens is 1. The maximum Gasteiger partial charge on any atom is 0.263 e. The highest BCUT2D eigenvalue weighted by Crippen LogP contribution is 2.27. The number of nitrogens with one attached hydrogen (secondary N) is 2. The van der Waals surface area contributed by atoms with Crippen molar-refractivity contribution in [1.82, 2.24) is 9.97 Å². The molecular weight excluding hydrogens is 390 g/mol. The molecule has 0 fully saturated rings. The standard InChI is InChI=1S/C20H14BFN4O2S/c21-13-5-11-16(12-6-13)29(27,28)26-20-19(23-15-9-7-14(22)8-10-15)24-17-3-1-2-4-18(17)25-20/h1-12H,(H,23,24)(H,25,26). The number of sulfonamides is 1. The van der Waals surface area contributed by atoms with Gasteiger partial charge < -0.3 is 5.32 Å². The molecule has 0 unspecified atom stereocenters. The van der Waals surface area contributed by atoms with Crippen LogP contribution in [0.4, 0.5) is 21.7 Å².